The standard InChI is InChI=1S/C19H20N4O/c1-13(14-8-4-2-5-9-14)23-18-17(22-19(23)24)21-16(12-20-18)15-10-6-3-7-11-15/h2,4-5,8-10,12-13H,3,6-7,11H2,1H3,(H,21,22,24)/t13-/m0/s1. The van der Waals surface area contributed by atoms with Gasteiger partial charge in [-0.25, -0.2) is 14.8 Å². The Kier molecular flexibility index (Phi) is 3.76. The summed E-state index contributed by atoms with van der Waals surface area (Å²) in [6.07, 6.45) is 8.58. The predicted octanol–water partition coefficient (Wildman–Crippen LogP) is 3.69. The number of H-pyrrole nitrogens is 1. The zero-order valence-electron chi connectivity index (χ0n) is 13.7. The van der Waals surface area contributed by atoms with E-state index in [-0.39, 0.29) is 11.7 Å². The van der Waals surface area contributed by atoms with Crippen molar-refractivity contribution in [3.63, 3.8) is 0 Å². The van der Waals surface area contributed by atoms with Crippen LogP contribution in [0.5, 0.6) is 0 Å². The molecule has 122 valence electrons. The third-order valence-corrected chi connectivity index (χ3v) is 4.71. The van der Waals surface area contributed by atoms with Crippen LogP contribution < -0.4 is 5.69 Å². The second-order valence-electron chi connectivity index (χ2n) is 6.29. The first-order chi connectivity index (χ1) is 11.7. The van der Waals surface area contributed by atoms with Gasteiger partial charge < -0.3 is 0 Å². The summed E-state index contributed by atoms with van der Waals surface area (Å²) in [6.45, 7) is 2.00. The molecular formula is C19H20N4O. The van der Waals surface area contributed by atoms with Crippen molar-refractivity contribution >= 4 is 16.9 Å². The molecule has 0 fully saturated rings. The zero-order valence-corrected chi connectivity index (χ0v) is 13.7. The smallest absolute Gasteiger partial charge is 0.289 e. The molecule has 1 aliphatic carbocycles. The van der Waals surface area contributed by atoms with E-state index in [0.717, 1.165) is 24.1 Å². The minimum Gasteiger partial charge on any atom is -0.289 e. The number of hydrogen-bond donors (Lipinski definition) is 1. The van der Waals surface area contributed by atoms with Crippen LogP contribution in [-0.2, 0) is 0 Å². The molecule has 0 unspecified atom stereocenters. The molecule has 1 aliphatic rings. The summed E-state index contributed by atoms with van der Waals surface area (Å²) in [7, 11) is 0. The number of fused-ring (bicyclic) bond motifs is 1. The molecule has 0 radical (unpaired) electrons. The van der Waals surface area contributed by atoms with Crippen LogP contribution in [0.15, 0.2) is 47.4 Å². The fourth-order valence-corrected chi connectivity index (χ4v) is 3.37. The summed E-state index contributed by atoms with van der Waals surface area (Å²) in [5.41, 5.74) is 4.18. The molecule has 24 heavy (non-hydrogen) atoms. The predicted molar refractivity (Wildman–Crippen MR) is 94.8 cm³/mol. The maximum absolute atomic E-state index is 12.5. The molecule has 0 saturated heterocycles. The number of aromatic nitrogens is 4. The van der Waals surface area contributed by atoms with Crippen LogP contribution in [0.3, 0.4) is 0 Å². The maximum atomic E-state index is 12.5. The molecule has 0 amide bonds. The van der Waals surface area contributed by atoms with Gasteiger partial charge in [-0.1, -0.05) is 36.4 Å². The number of nitrogens with zero attached hydrogens (tertiary/aromatic N) is 3. The van der Waals surface area contributed by atoms with Crippen molar-refractivity contribution in [3.05, 3.63) is 64.3 Å². The Labute approximate surface area is 140 Å². The van der Waals surface area contributed by atoms with Crippen molar-refractivity contribution in [2.45, 2.75) is 38.6 Å². The maximum Gasteiger partial charge on any atom is 0.329 e. The van der Waals surface area contributed by atoms with Crippen molar-refractivity contribution < 1.29 is 0 Å². The van der Waals surface area contributed by atoms with Crippen LogP contribution in [0.2, 0.25) is 0 Å². The first-order valence-corrected chi connectivity index (χ1v) is 8.45. The second-order valence-corrected chi connectivity index (χ2v) is 6.29. The number of nitrogens with one attached hydrogen (secondary N) is 1. The van der Waals surface area contributed by atoms with E-state index >= 15 is 0 Å². The number of rotatable bonds is 3. The van der Waals surface area contributed by atoms with Gasteiger partial charge in [-0.3, -0.25) is 9.55 Å². The Morgan fingerprint density at radius 1 is 1.21 bits per heavy atom. The van der Waals surface area contributed by atoms with E-state index in [1.807, 2.05) is 37.3 Å². The lowest BCUT2D eigenvalue weighted by Gasteiger charge is -2.14. The minimum atomic E-state index is -0.170. The third kappa shape index (κ3) is 2.56. The molecule has 2 heterocycles. The second kappa shape index (κ2) is 6.07. The molecule has 5 nitrogen and oxygen atoms in total. The number of aromatic amines is 1. The highest BCUT2D eigenvalue weighted by Gasteiger charge is 2.18. The molecule has 0 aliphatic heterocycles. The molecule has 1 N–H and O–H groups in total. The Bertz CT molecular complexity index is 952. The molecule has 4 rings (SSSR count). The highest BCUT2D eigenvalue weighted by atomic mass is 16.1. The quantitative estimate of drug-likeness (QED) is 0.800. The molecular weight excluding hydrogens is 300 g/mol. The molecule has 0 spiro atoms. The normalized spacial score (nSPS) is 16.1. The van der Waals surface area contributed by atoms with Gasteiger partial charge in [-0.15, -0.1) is 0 Å². The average molecular weight is 320 g/mol. The summed E-state index contributed by atoms with van der Waals surface area (Å²) in [4.78, 5) is 24.5. The average Bonchev–Trinajstić information content (AvgIpc) is 2.97. The fraction of sp³-hybridized carbons (Fsp3) is 0.316. The van der Waals surface area contributed by atoms with E-state index in [2.05, 4.69) is 21.0 Å². The van der Waals surface area contributed by atoms with Crippen LogP contribution in [0.1, 0.15) is 49.9 Å². The summed E-state index contributed by atoms with van der Waals surface area (Å²) in [5.74, 6) is 0. The number of allylic oxidation sites excluding steroid dienone is 2. The van der Waals surface area contributed by atoms with E-state index in [4.69, 9.17) is 0 Å². The Balaban J connectivity index is 1.79. The minimum absolute atomic E-state index is 0.0958. The Hall–Kier alpha value is -2.69. The van der Waals surface area contributed by atoms with Crippen LogP contribution in [0, 0.1) is 0 Å². The van der Waals surface area contributed by atoms with Gasteiger partial charge in [-0.05, 0) is 43.7 Å². The van der Waals surface area contributed by atoms with Gasteiger partial charge in [0.25, 0.3) is 0 Å². The lowest BCUT2D eigenvalue weighted by molar-refractivity contribution is 0.630. The van der Waals surface area contributed by atoms with Gasteiger partial charge in [-0.2, -0.15) is 0 Å². The lowest BCUT2D eigenvalue weighted by Crippen LogP contribution is -2.21. The van der Waals surface area contributed by atoms with E-state index in [0.29, 0.717) is 11.3 Å². The van der Waals surface area contributed by atoms with E-state index < -0.39 is 0 Å². The number of benzene rings is 1. The molecule has 0 bridgehead atoms. The molecule has 2 aromatic heterocycles. The monoisotopic (exact) mass is 320 g/mol. The number of hydrogen-bond acceptors (Lipinski definition) is 3. The first-order valence-electron chi connectivity index (χ1n) is 8.45. The van der Waals surface area contributed by atoms with Crippen molar-refractivity contribution in [1.29, 1.82) is 0 Å². The van der Waals surface area contributed by atoms with Crippen LogP contribution in [0.25, 0.3) is 16.9 Å². The van der Waals surface area contributed by atoms with Crippen molar-refractivity contribution in [1.82, 2.24) is 19.5 Å². The van der Waals surface area contributed by atoms with Crippen LogP contribution in [-0.4, -0.2) is 19.5 Å². The molecule has 1 atom stereocenters. The van der Waals surface area contributed by atoms with Crippen LogP contribution in [0.4, 0.5) is 0 Å². The van der Waals surface area contributed by atoms with E-state index in [9.17, 15) is 4.79 Å². The van der Waals surface area contributed by atoms with Gasteiger partial charge in [0.2, 0.25) is 0 Å². The first kappa shape index (κ1) is 14.9. The van der Waals surface area contributed by atoms with Gasteiger partial charge in [0.1, 0.15) is 0 Å². The third-order valence-electron chi connectivity index (χ3n) is 4.71. The molecule has 1 aromatic carbocycles. The van der Waals surface area contributed by atoms with Crippen molar-refractivity contribution in [2.75, 3.05) is 0 Å². The summed E-state index contributed by atoms with van der Waals surface area (Å²) in [5, 5.41) is 0. The van der Waals surface area contributed by atoms with Gasteiger partial charge >= 0.3 is 5.69 Å². The summed E-state index contributed by atoms with van der Waals surface area (Å²) >= 11 is 0. The van der Waals surface area contributed by atoms with E-state index in [1.165, 1.54) is 18.4 Å². The van der Waals surface area contributed by atoms with Gasteiger partial charge in [0, 0.05) is 0 Å². The highest BCUT2D eigenvalue weighted by Crippen LogP contribution is 2.26. The van der Waals surface area contributed by atoms with E-state index in [1.54, 1.807) is 10.8 Å². The molecule has 0 saturated carbocycles. The largest absolute Gasteiger partial charge is 0.329 e. The summed E-state index contributed by atoms with van der Waals surface area (Å²) < 4.78 is 1.68. The Morgan fingerprint density at radius 2 is 2.04 bits per heavy atom. The van der Waals surface area contributed by atoms with Crippen molar-refractivity contribution in [2.24, 2.45) is 0 Å². The molecule has 3 aromatic rings. The SMILES string of the molecule is C[C@@H](c1ccccc1)n1c(=O)[nH]c2nc(C3=CCCCC3)cnc21. The van der Waals surface area contributed by atoms with Gasteiger partial charge in [0.05, 0.1) is 17.9 Å². The van der Waals surface area contributed by atoms with Crippen molar-refractivity contribution in [3.8, 4) is 0 Å². The highest BCUT2D eigenvalue weighted by molar-refractivity contribution is 5.71. The van der Waals surface area contributed by atoms with Crippen LogP contribution >= 0.6 is 0 Å². The fourth-order valence-electron chi connectivity index (χ4n) is 3.37. The summed E-state index contributed by atoms with van der Waals surface area (Å²) in [6, 6.07) is 9.87. The van der Waals surface area contributed by atoms with Gasteiger partial charge in [0.15, 0.2) is 11.3 Å². The topological polar surface area (TPSA) is 63.6 Å². The number of imidazole rings is 1. The lowest BCUT2D eigenvalue weighted by atomic mass is 9.97. The molecule has 5 heteroatoms. The zero-order chi connectivity index (χ0) is 16.5. The Morgan fingerprint density at radius 3 is 2.79 bits per heavy atom.